The SMILES string of the molecule is COc1cccc(/C=N/Nc2cn[nH]c(=O)n2)c1OCc1ccc(Cl)cc1. The number of aromatic amines is 1. The van der Waals surface area contributed by atoms with Gasteiger partial charge in [0.05, 0.1) is 19.5 Å². The fraction of sp³-hybridized carbons (Fsp3) is 0.111. The minimum atomic E-state index is -0.566. The number of nitrogens with one attached hydrogen (secondary N) is 2. The first-order chi connectivity index (χ1) is 13.2. The van der Waals surface area contributed by atoms with E-state index in [-0.39, 0.29) is 5.82 Å². The van der Waals surface area contributed by atoms with Crippen molar-refractivity contribution in [2.75, 3.05) is 12.5 Å². The van der Waals surface area contributed by atoms with E-state index in [0.29, 0.717) is 28.7 Å². The number of ether oxygens (including phenoxy) is 2. The highest BCUT2D eigenvalue weighted by molar-refractivity contribution is 6.30. The van der Waals surface area contributed by atoms with Crippen molar-refractivity contribution >= 4 is 23.6 Å². The van der Waals surface area contributed by atoms with Crippen LogP contribution in [0.3, 0.4) is 0 Å². The number of rotatable bonds is 7. The van der Waals surface area contributed by atoms with Crippen molar-refractivity contribution in [1.29, 1.82) is 0 Å². The summed E-state index contributed by atoms with van der Waals surface area (Å²) in [4.78, 5) is 14.8. The lowest BCUT2D eigenvalue weighted by atomic mass is 10.2. The number of halogens is 1. The molecule has 138 valence electrons. The predicted molar refractivity (Wildman–Crippen MR) is 103 cm³/mol. The van der Waals surface area contributed by atoms with Crippen LogP contribution in [0.25, 0.3) is 0 Å². The Kier molecular flexibility index (Phi) is 6.01. The van der Waals surface area contributed by atoms with Crippen LogP contribution < -0.4 is 20.6 Å². The number of hydrogen-bond donors (Lipinski definition) is 2. The summed E-state index contributed by atoms with van der Waals surface area (Å²) in [6.07, 6.45) is 2.89. The molecule has 0 aliphatic rings. The lowest BCUT2D eigenvalue weighted by molar-refractivity contribution is 0.284. The predicted octanol–water partition coefficient (Wildman–Crippen LogP) is 2.85. The molecule has 0 atom stereocenters. The molecule has 0 saturated heterocycles. The molecule has 2 aromatic carbocycles. The third kappa shape index (κ3) is 5.05. The molecular weight excluding hydrogens is 370 g/mol. The summed E-state index contributed by atoms with van der Waals surface area (Å²) < 4.78 is 11.3. The number of anilines is 1. The van der Waals surface area contributed by atoms with Crippen LogP contribution in [0.4, 0.5) is 5.82 Å². The Labute approximate surface area is 159 Å². The molecule has 1 aromatic heterocycles. The van der Waals surface area contributed by atoms with Crippen LogP contribution in [-0.4, -0.2) is 28.5 Å². The number of hydrazone groups is 1. The maximum atomic E-state index is 11.1. The highest BCUT2D eigenvalue weighted by Crippen LogP contribution is 2.31. The molecule has 0 spiro atoms. The first-order valence-electron chi connectivity index (χ1n) is 7.91. The number of methoxy groups -OCH3 is 1. The largest absolute Gasteiger partial charge is 0.493 e. The van der Waals surface area contributed by atoms with E-state index >= 15 is 0 Å². The van der Waals surface area contributed by atoms with Crippen LogP contribution in [0, 0.1) is 0 Å². The molecule has 27 heavy (non-hydrogen) atoms. The summed E-state index contributed by atoms with van der Waals surface area (Å²) in [5.74, 6) is 1.34. The Bertz CT molecular complexity index is 989. The van der Waals surface area contributed by atoms with Gasteiger partial charge in [0, 0.05) is 10.6 Å². The van der Waals surface area contributed by atoms with Crippen LogP contribution in [0.15, 0.2) is 58.6 Å². The fourth-order valence-corrected chi connectivity index (χ4v) is 2.35. The van der Waals surface area contributed by atoms with E-state index in [9.17, 15) is 4.79 Å². The van der Waals surface area contributed by atoms with E-state index in [1.807, 2.05) is 24.3 Å². The van der Waals surface area contributed by atoms with E-state index in [0.717, 1.165) is 5.56 Å². The van der Waals surface area contributed by atoms with Crippen molar-refractivity contribution in [2.45, 2.75) is 6.61 Å². The monoisotopic (exact) mass is 385 g/mol. The van der Waals surface area contributed by atoms with E-state index < -0.39 is 5.69 Å². The zero-order chi connectivity index (χ0) is 19.1. The van der Waals surface area contributed by atoms with Gasteiger partial charge >= 0.3 is 5.69 Å². The standard InChI is InChI=1S/C18H16ClN5O3/c1-26-15-4-2-3-13(9-20-23-16-10-21-24-18(25)22-16)17(15)27-11-12-5-7-14(19)8-6-12/h2-10H,11H2,1H3,(H2,22,23,24,25)/b20-9+. The molecule has 9 heteroatoms. The second-order valence-corrected chi connectivity index (χ2v) is 5.77. The maximum absolute atomic E-state index is 11.1. The van der Waals surface area contributed by atoms with Crippen molar-refractivity contribution in [3.63, 3.8) is 0 Å². The summed E-state index contributed by atoms with van der Waals surface area (Å²) in [6, 6.07) is 12.8. The second kappa shape index (κ2) is 8.81. The molecule has 3 aromatic rings. The van der Waals surface area contributed by atoms with Gasteiger partial charge in [-0.3, -0.25) is 5.43 Å². The Morgan fingerprint density at radius 3 is 2.81 bits per heavy atom. The summed E-state index contributed by atoms with van der Waals surface area (Å²) in [7, 11) is 1.56. The highest BCUT2D eigenvalue weighted by Gasteiger charge is 2.10. The lowest BCUT2D eigenvalue weighted by Gasteiger charge is -2.13. The lowest BCUT2D eigenvalue weighted by Crippen LogP contribution is -2.13. The molecule has 0 amide bonds. The molecule has 8 nitrogen and oxygen atoms in total. The van der Waals surface area contributed by atoms with Gasteiger partial charge in [0.25, 0.3) is 0 Å². The third-order valence-electron chi connectivity index (χ3n) is 3.48. The number of aromatic nitrogens is 3. The fourth-order valence-electron chi connectivity index (χ4n) is 2.22. The third-order valence-corrected chi connectivity index (χ3v) is 3.73. The summed E-state index contributed by atoms with van der Waals surface area (Å²) in [5.41, 5.74) is 3.73. The molecule has 0 radical (unpaired) electrons. The molecule has 0 saturated carbocycles. The van der Waals surface area contributed by atoms with Crippen molar-refractivity contribution in [3.05, 3.63) is 75.3 Å². The van der Waals surface area contributed by atoms with Crippen molar-refractivity contribution < 1.29 is 9.47 Å². The van der Waals surface area contributed by atoms with Crippen molar-refractivity contribution in [1.82, 2.24) is 15.2 Å². The molecule has 0 fully saturated rings. The summed E-state index contributed by atoms with van der Waals surface area (Å²) in [5, 5.41) is 10.6. The summed E-state index contributed by atoms with van der Waals surface area (Å²) >= 11 is 5.90. The molecule has 3 rings (SSSR count). The zero-order valence-electron chi connectivity index (χ0n) is 14.3. The van der Waals surface area contributed by atoms with Crippen LogP contribution in [0.1, 0.15) is 11.1 Å². The molecule has 2 N–H and O–H groups in total. The van der Waals surface area contributed by atoms with E-state index in [2.05, 4.69) is 25.7 Å². The van der Waals surface area contributed by atoms with E-state index in [1.165, 1.54) is 6.20 Å². The number of para-hydroxylation sites is 1. The van der Waals surface area contributed by atoms with Gasteiger partial charge in [-0.25, -0.2) is 9.89 Å². The van der Waals surface area contributed by atoms with E-state index in [4.69, 9.17) is 21.1 Å². The first kappa shape index (κ1) is 18.4. The molecule has 0 aliphatic heterocycles. The Hall–Kier alpha value is -3.39. The Balaban J connectivity index is 1.77. The van der Waals surface area contributed by atoms with Gasteiger partial charge in [0.1, 0.15) is 6.61 Å². The topological polar surface area (TPSA) is 101 Å². The molecule has 0 aliphatic carbocycles. The smallest absolute Gasteiger partial charge is 0.363 e. The second-order valence-electron chi connectivity index (χ2n) is 5.34. The number of H-pyrrole nitrogens is 1. The number of benzene rings is 2. The maximum Gasteiger partial charge on any atom is 0.363 e. The van der Waals surface area contributed by atoms with Gasteiger partial charge in [0.15, 0.2) is 17.3 Å². The molecule has 1 heterocycles. The van der Waals surface area contributed by atoms with Crippen molar-refractivity contribution in [3.8, 4) is 11.5 Å². The Morgan fingerprint density at radius 2 is 2.07 bits per heavy atom. The van der Waals surface area contributed by atoms with Crippen LogP contribution in [0.2, 0.25) is 5.02 Å². The van der Waals surface area contributed by atoms with Crippen LogP contribution in [0.5, 0.6) is 11.5 Å². The van der Waals surface area contributed by atoms with Crippen LogP contribution >= 0.6 is 11.6 Å². The Morgan fingerprint density at radius 1 is 1.26 bits per heavy atom. The summed E-state index contributed by atoms with van der Waals surface area (Å²) in [6.45, 7) is 0.339. The van der Waals surface area contributed by atoms with Gasteiger partial charge in [0.2, 0.25) is 0 Å². The number of nitrogens with zero attached hydrogens (tertiary/aromatic N) is 3. The zero-order valence-corrected chi connectivity index (χ0v) is 15.1. The minimum absolute atomic E-state index is 0.224. The normalized spacial score (nSPS) is 10.7. The van der Waals surface area contributed by atoms with E-state index in [1.54, 1.807) is 31.5 Å². The average Bonchev–Trinajstić information content (AvgIpc) is 2.68. The molecular formula is C18H16ClN5O3. The van der Waals surface area contributed by atoms with Gasteiger partial charge in [-0.15, -0.1) is 0 Å². The van der Waals surface area contributed by atoms with Gasteiger partial charge < -0.3 is 9.47 Å². The highest BCUT2D eigenvalue weighted by atomic mass is 35.5. The van der Waals surface area contributed by atoms with Gasteiger partial charge in [-0.1, -0.05) is 29.8 Å². The van der Waals surface area contributed by atoms with Gasteiger partial charge in [-0.2, -0.15) is 15.2 Å². The van der Waals surface area contributed by atoms with Crippen LogP contribution in [-0.2, 0) is 6.61 Å². The molecule has 0 bridgehead atoms. The number of hydrogen-bond acceptors (Lipinski definition) is 7. The molecule has 0 unspecified atom stereocenters. The average molecular weight is 386 g/mol. The van der Waals surface area contributed by atoms with Crippen molar-refractivity contribution in [2.24, 2.45) is 5.10 Å². The van der Waals surface area contributed by atoms with Gasteiger partial charge in [-0.05, 0) is 29.8 Å². The minimum Gasteiger partial charge on any atom is -0.493 e. The first-order valence-corrected chi connectivity index (χ1v) is 8.28. The quantitative estimate of drug-likeness (QED) is 0.479.